The van der Waals surface area contributed by atoms with E-state index in [0.717, 1.165) is 12.1 Å². The zero-order chi connectivity index (χ0) is 16.2. The first kappa shape index (κ1) is 15.3. The molecule has 0 aliphatic carbocycles. The highest BCUT2D eigenvalue weighted by atomic mass is 35.5. The fourth-order valence-corrected chi connectivity index (χ4v) is 2.35. The normalized spacial score (nSPS) is 11.2. The molecule has 3 aromatic rings. The Morgan fingerprint density at radius 1 is 1.35 bits per heavy atom. The van der Waals surface area contributed by atoms with Crippen LogP contribution >= 0.6 is 11.6 Å². The van der Waals surface area contributed by atoms with E-state index in [1.165, 1.54) is 6.08 Å². The third kappa shape index (κ3) is 3.60. The number of hydrogen-bond acceptors (Lipinski definition) is 3. The Labute approximate surface area is 139 Å². The standard InChI is InChI=1S/C18H15ClN2O2/c1-2-21-12-14(11-20-21)17(22)8-6-16-7-9-18(23-16)13-4-3-5-15(19)10-13/h3-12H,2H2,1H3/b8-6+. The lowest BCUT2D eigenvalue weighted by Gasteiger charge is -1.96. The van der Waals surface area contributed by atoms with Crippen LogP contribution in [0.4, 0.5) is 0 Å². The Kier molecular flexibility index (Phi) is 4.44. The van der Waals surface area contributed by atoms with Crippen LogP contribution in [0.5, 0.6) is 0 Å². The molecule has 4 nitrogen and oxygen atoms in total. The Morgan fingerprint density at radius 2 is 2.22 bits per heavy atom. The average Bonchev–Trinajstić information content (AvgIpc) is 3.22. The zero-order valence-corrected chi connectivity index (χ0v) is 13.3. The Hall–Kier alpha value is -2.59. The number of halogens is 1. The Balaban J connectivity index is 1.74. The predicted molar refractivity (Wildman–Crippen MR) is 90.4 cm³/mol. The van der Waals surface area contributed by atoms with Gasteiger partial charge >= 0.3 is 0 Å². The van der Waals surface area contributed by atoms with Gasteiger partial charge in [-0.25, -0.2) is 0 Å². The molecule has 0 unspecified atom stereocenters. The van der Waals surface area contributed by atoms with Crippen LogP contribution in [0.15, 0.2) is 59.3 Å². The number of carbonyl (C=O) groups excluding carboxylic acids is 1. The number of aryl methyl sites for hydroxylation is 1. The molecule has 0 fully saturated rings. The number of aromatic nitrogens is 2. The van der Waals surface area contributed by atoms with Crippen molar-refractivity contribution in [1.29, 1.82) is 0 Å². The fraction of sp³-hybridized carbons (Fsp3) is 0.111. The summed E-state index contributed by atoms with van der Waals surface area (Å²) in [5, 5.41) is 4.74. The second kappa shape index (κ2) is 6.67. The number of ketones is 1. The summed E-state index contributed by atoms with van der Waals surface area (Å²) in [6, 6.07) is 11.1. The molecule has 0 spiro atoms. The van der Waals surface area contributed by atoms with Gasteiger partial charge in [0, 0.05) is 23.3 Å². The van der Waals surface area contributed by atoms with Gasteiger partial charge in [-0.15, -0.1) is 0 Å². The Morgan fingerprint density at radius 3 is 2.96 bits per heavy atom. The number of hydrogen-bond donors (Lipinski definition) is 0. The van der Waals surface area contributed by atoms with Crippen molar-refractivity contribution in [2.75, 3.05) is 0 Å². The molecule has 2 aromatic heterocycles. The molecule has 0 amide bonds. The van der Waals surface area contributed by atoms with E-state index >= 15 is 0 Å². The minimum Gasteiger partial charge on any atom is -0.457 e. The van der Waals surface area contributed by atoms with Crippen molar-refractivity contribution >= 4 is 23.5 Å². The van der Waals surface area contributed by atoms with Crippen LogP contribution < -0.4 is 0 Å². The van der Waals surface area contributed by atoms with E-state index in [1.54, 1.807) is 23.2 Å². The summed E-state index contributed by atoms with van der Waals surface area (Å²) >= 11 is 5.98. The SMILES string of the molecule is CCn1cc(C(=O)/C=C/c2ccc(-c3cccc(Cl)c3)o2)cn1. The van der Waals surface area contributed by atoms with Crippen molar-refractivity contribution in [2.45, 2.75) is 13.5 Å². The molecule has 0 atom stereocenters. The molecule has 116 valence electrons. The van der Waals surface area contributed by atoms with Gasteiger partial charge in [0.1, 0.15) is 11.5 Å². The number of benzene rings is 1. The van der Waals surface area contributed by atoms with Gasteiger partial charge in [-0.3, -0.25) is 9.48 Å². The number of furan rings is 1. The van der Waals surface area contributed by atoms with E-state index < -0.39 is 0 Å². The van der Waals surface area contributed by atoms with E-state index in [1.807, 2.05) is 43.3 Å². The van der Waals surface area contributed by atoms with Gasteiger partial charge in [-0.05, 0) is 43.3 Å². The summed E-state index contributed by atoms with van der Waals surface area (Å²) in [7, 11) is 0. The monoisotopic (exact) mass is 326 g/mol. The summed E-state index contributed by atoms with van der Waals surface area (Å²) < 4.78 is 7.43. The van der Waals surface area contributed by atoms with Crippen LogP contribution in [0.1, 0.15) is 23.0 Å². The molecule has 0 N–H and O–H groups in total. The molecular weight excluding hydrogens is 312 g/mol. The average molecular weight is 327 g/mol. The highest BCUT2D eigenvalue weighted by molar-refractivity contribution is 6.30. The largest absolute Gasteiger partial charge is 0.457 e. The fourth-order valence-electron chi connectivity index (χ4n) is 2.16. The van der Waals surface area contributed by atoms with Crippen LogP contribution in [0, 0.1) is 0 Å². The molecule has 0 bridgehead atoms. The van der Waals surface area contributed by atoms with E-state index in [0.29, 0.717) is 22.1 Å². The summed E-state index contributed by atoms with van der Waals surface area (Å²) in [6.07, 6.45) is 6.43. The quantitative estimate of drug-likeness (QED) is 0.504. The molecule has 0 saturated carbocycles. The first-order valence-corrected chi connectivity index (χ1v) is 7.64. The van der Waals surface area contributed by atoms with Gasteiger partial charge in [-0.2, -0.15) is 5.10 Å². The molecular formula is C18H15ClN2O2. The maximum atomic E-state index is 12.1. The highest BCUT2D eigenvalue weighted by Crippen LogP contribution is 2.25. The van der Waals surface area contributed by atoms with E-state index in [9.17, 15) is 4.79 Å². The van der Waals surface area contributed by atoms with Crippen molar-refractivity contribution in [1.82, 2.24) is 9.78 Å². The van der Waals surface area contributed by atoms with E-state index in [-0.39, 0.29) is 5.78 Å². The third-order valence-corrected chi connectivity index (χ3v) is 3.61. The Bertz CT molecular complexity index is 861. The molecule has 1 aromatic carbocycles. The summed E-state index contributed by atoms with van der Waals surface area (Å²) in [6.45, 7) is 2.70. The van der Waals surface area contributed by atoms with Gasteiger partial charge < -0.3 is 4.42 Å². The minimum atomic E-state index is -0.106. The van der Waals surface area contributed by atoms with Gasteiger partial charge in [0.2, 0.25) is 0 Å². The van der Waals surface area contributed by atoms with E-state index in [2.05, 4.69) is 5.10 Å². The summed E-state index contributed by atoms with van der Waals surface area (Å²) in [5.41, 5.74) is 1.46. The topological polar surface area (TPSA) is 48.0 Å². The van der Waals surface area contributed by atoms with Crippen molar-refractivity contribution in [2.24, 2.45) is 0 Å². The lowest BCUT2D eigenvalue weighted by molar-refractivity contribution is 0.104. The van der Waals surface area contributed by atoms with Crippen molar-refractivity contribution in [3.05, 3.63) is 71.2 Å². The van der Waals surface area contributed by atoms with Gasteiger partial charge in [0.25, 0.3) is 0 Å². The molecule has 23 heavy (non-hydrogen) atoms. The molecule has 3 rings (SSSR count). The van der Waals surface area contributed by atoms with E-state index in [4.69, 9.17) is 16.0 Å². The number of rotatable bonds is 5. The van der Waals surface area contributed by atoms with Gasteiger partial charge in [0.05, 0.1) is 11.8 Å². The van der Waals surface area contributed by atoms with Crippen LogP contribution in [0.2, 0.25) is 5.02 Å². The smallest absolute Gasteiger partial charge is 0.189 e. The highest BCUT2D eigenvalue weighted by Gasteiger charge is 2.06. The van der Waals surface area contributed by atoms with Crippen LogP contribution in [-0.4, -0.2) is 15.6 Å². The van der Waals surface area contributed by atoms with Crippen molar-refractivity contribution < 1.29 is 9.21 Å². The number of nitrogens with zero attached hydrogens (tertiary/aromatic N) is 2. The summed E-state index contributed by atoms with van der Waals surface area (Å²) in [5.74, 6) is 1.21. The second-order valence-corrected chi connectivity index (χ2v) is 5.43. The third-order valence-electron chi connectivity index (χ3n) is 3.38. The van der Waals surface area contributed by atoms with Crippen LogP contribution in [0.25, 0.3) is 17.4 Å². The predicted octanol–water partition coefficient (Wildman–Crippen LogP) is 4.71. The molecule has 0 radical (unpaired) electrons. The first-order chi connectivity index (χ1) is 11.2. The summed E-state index contributed by atoms with van der Waals surface area (Å²) in [4.78, 5) is 12.1. The molecule has 0 aliphatic heterocycles. The maximum absolute atomic E-state index is 12.1. The van der Waals surface area contributed by atoms with Gasteiger partial charge in [-0.1, -0.05) is 23.7 Å². The second-order valence-electron chi connectivity index (χ2n) is 4.99. The van der Waals surface area contributed by atoms with Crippen molar-refractivity contribution in [3.8, 4) is 11.3 Å². The molecule has 5 heteroatoms. The number of carbonyl (C=O) groups is 1. The minimum absolute atomic E-state index is 0.106. The lowest BCUT2D eigenvalue weighted by Crippen LogP contribution is -1.94. The molecule has 0 aliphatic rings. The molecule has 0 saturated heterocycles. The number of allylic oxidation sites excluding steroid dienone is 1. The zero-order valence-electron chi connectivity index (χ0n) is 12.6. The molecule has 2 heterocycles. The lowest BCUT2D eigenvalue weighted by atomic mass is 10.2. The first-order valence-electron chi connectivity index (χ1n) is 7.26. The van der Waals surface area contributed by atoms with Crippen molar-refractivity contribution in [3.63, 3.8) is 0 Å². The maximum Gasteiger partial charge on any atom is 0.189 e. The van der Waals surface area contributed by atoms with Crippen LogP contribution in [-0.2, 0) is 6.54 Å². The van der Waals surface area contributed by atoms with Gasteiger partial charge in [0.15, 0.2) is 5.78 Å². The van der Waals surface area contributed by atoms with Crippen LogP contribution in [0.3, 0.4) is 0 Å².